The Labute approximate surface area is 122 Å². The molecule has 0 bridgehead atoms. The number of anilines is 3. The third kappa shape index (κ3) is 3.98. The highest BCUT2D eigenvalue weighted by Gasteiger charge is 2.05. The van der Waals surface area contributed by atoms with Gasteiger partial charge in [0.25, 0.3) is 0 Å². The van der Waals surface area contributed by atoms with Crippen LogP contribution >= 0.6 is 23.2 Å². The van der Waals surface area contributed by atoms with Crippen molar-refractivity contribution in [2.24, 2.45) is 0 Å². The quantitative estimate of drug-likeness (QED) is 0.881. The molecule has 0 saturated carbocycles. The zero-order chi connectivity index (χ0) is 13.8. The van der Waals surface area contributed by atoms with Crippen LogP contribution in [-0.2, 0) is 0 Å². The van der Waals surface area contributed by atoms with Crippen molar-refractivity contribution in [2.75, 3.05) is 10.6 Å². The first kappa shape index (κ1) is 13.9. The molecule has 1 aromatic heterocycles. The van der Waals surface area contributed by atoms with E-state index in [1.807, 2.05) is 19.9 Å². The van der Waals surface area contributed by atoms with E-state index in [1.54, 1.807) is 24.4 Å². The summed E-state index contributed by atoms with van der Waals surface area (Å²) in [6, 6.07) is 7.30. The molecule has 6 heteroatoms. The van der Waals surface area contributed by atoms with Gasteiger partial charge in [-0.05, 0) is 38.1 Å². The number of hydrogen-bond donors (Lipinski definition) is 2. The number of benzene rings is 1. The Balaban J connectivity index is 2.21. The van der Waals surface area contributed by atoms with Gasteiger partial charge in [-0.15, -0.1) is 0 Å². The summed E-state index contributed by atoms with van der Waals surface area (Å²) in [4.78, 5) is 8.49. The first-order chi connectivity index (χ1) is 9.04. The van der Waals surface area contributed by atoms with Crippen molar-refractivity contribution in [3.8, 4) is 0 Å². The van der Waals surface area contributed by atoms with Gasteiger partial charge in [0.05, 0.1) is 10.7 Å². The molecule has 0 fully saturated rings. The van der Waals surface area contributed by atoms with Gasteiger partial charge in [-0.3, -0.25) is 0 Å². The fourth-order valence-electron chi connectivity index (χ4n) is 1.51. The number of hydrogen-bond acceptors (Lipinski definition) is 4. The number of nitrogens with one attached hydrogen (secondary N) is 2. The molecule has 4 nitrogen and oxygen atoms in total. The van der Waals surface area contributed by atoms with Crippen LogP contribution in [0.15, 0.2) is 30.5 Å². The molecule has 2 aromatic rings. The topological polar surface area (TPSA) is 49.8 Å². The zero-order valence-corrected chi connectivity index (χ0v) is 12.1. The van der Waals surface area contributed by atoms with Crippen LogP contribution in [0.2, 0.25) is 10.0 Å². The minimum atomic E-state index is 0.303. The summed E-state index contributed by atoms with van der Waals surface area (Å²) in [6.07, 6.45) is 1.68. The van der Waals surface area contributed by atoms with E-state index in [0.29, 0.717) is 27.7 Å². The molecule has 0 amide bonds. The van der Waals surface area contributed by atoms with Gasteiger partial charge in [-0.25, -0.2) is 4.98 Å². The number of aromatic nitrogens is 2. The largest absolute Gasteiger partial charge is 0.368 e. The molecule has 1 aromatic carbocycles. The van der Waals surface area contributed by atoms with Gasteiger partial charge in [0.2, 0.25) is 5.95 Å². The molecule has 1 heterocycles. The molecule has 0 radical (unpaired) electrons. The second-order valence-corrected chi connectivity index (χ2v) is 5.16. The first-order valence-electron chi connectivity index (χ1n) is 5.86. The Kier molecular flexibility index (Phi) is 4.45. The van der Waals surface area contributed by atoms with Crippen LogP contribution in [0.4, 0.5) is 17.5 Å². The fraction of sp³-hybridized carbons (Fsp3) is 0.231. The second-order valence-electron chi connectivity index (χ2n) is 4.31. The maximum atomic E-state index is 6.08. The average molecular weight is 297 g/mol. The third-order valence-electron chi connectivity index (χ3n) is 2.27. The van der Waals surface area contributed by atoms with Crippen LogP contribution < -0.4 is 10.6 Å². The normalized spacial score (nSPS) is 10.6. The molecule has 0 unspecified atom stereocenters. The van der Waals surface area contributed by atoms with Gasteiger partial charge >= 0.3 is 0 Å². The Morgan fingerprint density at radius 2 is 1.95 bits per heavy atom. The SMILES string of the molecule is CC(C)Nc1ccnc(Nc2cc(Cl)ccc2Cl)n1. The van der Waals surface area contributed by atoms with Crippen molar-refractivity contribution in [3.05, 3.63) is 40.5 Å². The maximum Gasteiger partial charge on any atom is 0.229 e. The lowest BCUT2D eigenvalue weighted by Crippen LogP contribution is -2.11. The number of nitrogens with zero attached hydrogens (tertiary/aromatic N) is 2. The van der Waals surface area contributed by atoms with Crippen molar-refractivity contribution in [1.82, 2.24) is 9.97 Å². The van der Waals surface area contributed by atoms with Crippen LogP contribution in [-0.4, -0.2) is 16.0 Å². The van der Waals surface area contributed by atoms with Crippen LogP contribution in [0.3, 0.4) is 0 Å². The van der Waals surface area contributed by atoms with Crippen LogP contribution in [0.5, 0.6) is 0 Å². The van der Waals surface area contributed by atoms with E-state index in [4.69, 9.17) is 23.2 Å². The highest BCUT2D eigenvalue weighted by Crippen LogP contribution is 2.27. The molecular formula is C13H14Cl2N4. The molecule has 0 aliphatic carbocycles. The standard InChI is InChI=1S/C13H14Cl2N4/c1-8(2)17-12-5-6-16-13(19-12)18-11-7-9(14)3-4-10(11)15/h3-8H,1-2H3,(H2,16,17,18,19). The van der Waals surface area contributed by atoms with Crippen molar-refractivity contribution >= 4 is 40.7 Å². The molecule has 0 aliphatic rings. The summed E-state index contributed by atoms with van der Waals surface area (Å²) in [5.41, 5.74) is 0.677. The lowest BCUT2D eigenvalue weighted by atomic mass is 10.3. The minimum Gasteiger partial charge on any atom is -0.368 e. The summed E-state index contributed by atoms with van der Waals surface area (Å²) in [5.74, 6) is 1.22. The fourth-order valence-corrected chi connectivity index (χ4v) is 1.85. The average Bonchev–Trinajstić information content (AvgIpc) is 2.33. The molecular weight excluding hydrogens is 283 g/mol. The summed E-state index contributed by atoms with van der Waals surface area (Å²) in [6.45, 7) is 4.09. The number of halogens is 2. The van der Waals surface area contributed by atoms with Crippen LogP contribution in [0.25, 0.3) is 0 Å². The maximum absolute atomic E-state index is 6.08. The van der Waals surface area contributed by atoms with E-state index in [-0.39, 0.29) is 0 Å². The molecule has 0 saturated heterocycles. The van der Waals surface area contributed by atoms with E-state index in [2.05, 4.69) is 20.6 Å². The molecule has 19 heavy (non-hydrogen) atoms. The van der Waals surface area contributed by atoms with E-state index in [1.165, 1.54) is 0 Å². The van der Waals surface area contributed by atoms with E-state index in [9.17, 15) is 0 Å². The second kappa shape index (κ2) is 6.08. The molecule has 100 valence electrons. The summed E-state index contributed by atoms with van der Waals surface area (Å²) >= 11 is 12.0. The van der Waals surface area contributed by atoms with Crippen molar-refractivity contribution in [3.63, 3.8) is 0 Å². The smallest absolute Gasteiger partial charge is 0.229 e. The van der Waals surface area contributed by atoms with Gasteiger partial charge in [0, 0.05) is 17.3 Å². The predicted octanol–water partition coefficient (Wildman–Crippen LogP) is 4.35. The highest BCUT2D eigenvalue weighted by atomic mass is 35.5. The van der Waals surface area contributed by atoms with Gasteiger partial charge in [-0.2, -0.15) is 4.98 Å². The number of rotatable bonds is 4. The van der Waals surface area contributed by atoms with Gasteiger partial charge < -0.3 is 10.6 Å². The van der Waals surface area contributed by atoms with Gasteiger partial charge in [0.1, 0.15) is 5.82 Å². The highest BCUT2D eigenvalue weighted by molar-refractivity contribution is 6.35. The Bertz CT molecular complexity index is 572. The lowest BCUT2D eigenvalue weighted by Gasteiger charge is -2.11. The molecule has 2 N–H and O–H groups in total. The summed E-state index contributed by atoms with van der Waals surface area (Å²) < 4.78 is 0. The van der Waals surface area contributed by atoms with Crippen molar-refractivity contribution < 1.29 is 0 Å². The molecule has 0 aliphatic heterocycles. The van der Waals surface area contributed by atoms with Crippen molar-refractivity contribution in [1.29, 1.82) is 0 Å². The Morgan fingerprint density at radius 3 is 2.68 bits per heavy atom. The Morgan fingerprint density at radius 1 is 1.16 bits per heavy atom. The summed E-state index contributed by atoms with van der Waals surface area (Å²) in [7, 11) is 0. The molecule has 0 atom stereocenters. The van der Waals surface area contributed by atoms with Crippen molar-refractivity contribution in [2.45, 2.75) is 19.9 Å². The summed E-state index contributed by atoms with van der Waals surface area (Å²) in [5, 5.41) is 7.42. The Hall–Kier alpha value is -1.52. The molecule has 2 rings (SSSR count). The van der Waals surface area contributed by atoms with E-state index < -0.39 is 0 Å². The van der Waals surface area contributed by atoms with Crippen LogP contribution in [0, 0.1) is 0 Å². The third-order valence-corrected chi connectivity index (χ3v) is 2.83. The van der Waals surface area contributed by atoms with Gasteiger partial charge in [-0.1, -0.05) is 23.2 Å². The lowest BCUT2D eigenvalue weighted by molar-refractivity contribution is 0.887. The zero-order valence-electron chi connectivity index (χ0n) is 10.6. The monoisotopic (exact) mass is 296 g/mol. The first-order valence-corrected chi connectivity index (χ1v) is 6.62. The minimum absolute atomic E-state index is 0.303. The van der Waals surface area contributed by atoms with Crippen LogP contribution in [0.1, 0.15) is 13.8 Å². The predicted molar refractivity (Wildman–Crippen MR) is 80.5 cm³/mol. The van der Waals surface area contributed by atoms with E-state index in [0.717, 1.165) is 5.82 Å². The van der Waals surface area contributed by atoms with E-state index >= 15 is 0 Å². The van der Waals surface area contributed by atoms with Gasteiger partial charge in [0.15, 0.2) is 0 Å². The molecule has 0 spiro atoms.